The molecule has 0 spiro atoms. The Labute approximate surface area is 236 Å². The van der Waals surface area contributed by atoms with E-state index < -0.39 is 5.54 Å². The highest BCUT2D eigenvalue weighted by Gasteiger charge is 2.25. The van der Waals surface area contributed by atoms with Crippen LogP contribution in [0.2, 0.25) is 0 Å². The molecule has 10 heteroatoms. The molecular formula is C30H42N8O2. The normalized spacial score (nSPS) is 15.9. The number of hydrazone groups is 1. The Morgan fingerprint density at radius 2 is 1.93 bits per heavy atom. The lowest BCUT2D eigenvalue weighted by Crippen LogP contribution is -2.38. The summed E-state index contributed by atoms with van der Waals surface area (Å²) in [7, 11) is 2.18. The van der Waals surface area contributed by atoms with Gasteiger partial charge in [0.1, 0.15) is 5.39 Å². The average Bonchev–Trinajstić information content (AvgIpc) is 3.18. The van der Waals surface area contributed by atoms with E-state index in [1.165, 1.54) is 29.0 Å². The first kappa shape index (κ1) is 29.2. The summed E-state index contributed by atoms with van der Waals surface area (Å²) in [6.45, 7) is 15.8. The number of allylic oxidation sites excluding steroid dienone is 2. The zero-order valence-corrected chi connectivity index (χ0v) is 25.0. The zero-order valence-electron chi connectivity index (χ0n) is 25.0. The molecule has 2 aromatic heterocycles. The van der Waals surface area contributed by atoms with Gasteiger partial charge in [-0.2, -0.15) is 4.98 Å². The summed E-state index contributed by atoms with van der Waals surface area (Å²) in [5, 5.41) is 9.68. The molecule has 10 nitrogen and oxygen atoms in total. The van der Waals surface area contributed by atoms with E-state index >= 15 is 0 Å². The Bertz CT molecular complexity index is 1480. The Balaban J connectivity index is 1.77. The lowest BCUT2D eigenvalue weighted by atomic mass is 9.87. The third-order valence-corrected chi connectivity index (χ3v) is 7.33. The lowest BCUT2D eigenvalue weighted by molar-refractivity contribution is -0.122. The number of aromatic nitrogens is 4. The minimum Gasteiger partial charge on any atom is -0.324 e. The fourth-order valence-corrected chi connectivity index (χ4v) is 5.14. The van der Waals surface area contributed by atoms with Gasteiger partial charge in [0.15, 0.2) is 11.5 Å². The van der Waals surface area contributed by atoms with Crippen molar-refractivity contribution < 1.29 is 4.79 Å². The number of nitrogens with one attached hydrogen (secondary N) is 1. The van der Waals surface area contributed by atoms with Crippen molar-refractivity contribution in [3.8, 4) is 0 Å². The molecule has 214 valence electrons. The first-order valence-electron chi connectivity index (χ1n) is 14.0. The van der Waals surface area contributed by atoms with Crippen LogP contribution in [0.1, 0.15) is 77.5 Å². The first-order valence-corrected chi connectivity index (χ1v) is 14.0. The number of likely N-dealkylation sites (tertiary alicyclic amines) is 1. The number of amides is 1. The number of rotatable bonds is 7. The van der Waals surface area contributed by atoms with Crippen molar-refractivity contribution in [1.82, 2.24) is 29.2 Å². The monoisotopic (exact) mass is 546 g/mol. The van der Waals surface area contributed by atoms with Crippen molar-refractivity contribution in [3.05, 3.63) is 58.0 Å². The van der Waals surface area contributed by atoms with Crippen LogP contribution < -0.4 is 10.9 Å². The van der Waals surface area contributed by atoms with E-state index in [1.54, 1.807) is 21.6 Å². The van der Waals surface area contributed by atoms with Gasteiger partial charge in [-0.1, -0.05) is 12.1 Å². The Morgan fingerprint density at radius 1 is 1.23 bits per heavy atom. The van der Waals surface area contributed by atoms with Crippen molar-refractivity contribution in [1.29, 1.82) is 0 Å². The minimum atomic E-state index is -0.556. The maximum atomic E-state index is 13.5. The van der Waals surface area contributed by atoms with E-state index in [-0.39, 0.29) is 11.6 Å². The third kappa shape index (κ3) is 6.01. The molecule has 1 saturated heterocycles. The molecule has 4 rings (SSSR count). The van der Waals surface area contributed by atoms with Gasteiger partial charge in [-0.15, -0.1) is 5.10 Å². The maximum Gasteiger partial charge on any atom is 0.278 e. The first-order chi connectivity index (χ1) is 18.9. The van der Waals surface area contributed by atoms with Gasteiger partial charge in [-0.25, -0.2) is 19.4 Å². The third-order valence-electron chi connectivity index (χ3n) is 7.33. The van der Waals surface area contributed by atoms with Crippen LogP contribution >= 0.6 is 0 Å². The van der Waals surface area contributed by atoms with E-state index in [2.05, 4.69) is 52.5 Å². The molecule has 0 atom stereocenters. The molecule has 1 N–H and O–H groups in total. The number of piperidine rings is 1. The second-order valence-electron chi connectivity index (χ2n) is 11.8. The van der Waals surface area contributed by atoms with Crippen molar-refractivity contribution in [2.24, 2.45) is 5.10 Å². The fourth-order valence-electron chi connectivity index (χ4n) is 5.14. The SMILES string of the molecule is C/C=C\C(=N/N(C=O)C(C)(C)C)n1c2nc(Nc3ccc(C4CCN(C)CC4)c(C)c3)ncc2c(=O)n1C(C)C. The van der Waals surface area contributed by atoms with Crippen LogP contribution in [0.15, 0.2) is 46.4 Å². The van der Waals surface area contributed by atoms with Crippen molar-refractivity contribution in [2.75, 3.05) is 25.5 Å². The van der Waals surface area contributed by atoms with Crippen LogP contribution in [0.3, 0.4) is 0 Å². The minimum absolute atomic E-state index is 0.192. The van der Waals surface area contributed by atoms with Crippen LogP contribution in [-0.4, -0.2) is 67.2 Å². The summed E-state index contributed by atoms with van der Waals surface area (Å²) in [6, 6.07) is 6.21. The van der Waals surface area contributed by atoms with Crippen LogP contribution in [0.25, 0.3) is 11.0 Å². The smallest absolute Gasteiger partial charge is 0.278 e. The highest BCUT2D eigenvalue weighted by atomic mass is 16.1. The van der Waals surface area contributed by atoms with Gasteiger partial charge in [0.2, 0.25) is 12.4 Å². The van der Waals surface area contributed by atoms with Crippen LogP contribution in [-0.2, 0) is 4.79 Å². The Kier molecular flexibility index (Phi) is 8.58. The van der Waals surface area contributed by atoms with Crippen LogP contribution in [0.5, 0.6) is 0 Å². The summed E-state index contributed by atoms with van der Waals surface area (Å²) in [4.78, 5) is 37.0. The van der Waals surface area contributed by atoms with Gasteiger partial charge in [0.25, 0.3) is 5.56 Å². The average molecular weight is 547 g/mol. The molecular weight excluding hydrogens is 504 g/mol. The number of benzene rings is 1. The molecule has 1 fully saturated rings. The van der Waals surface area contributed by atoms with Crippen molar-refractivity contribution >= 4 is 34.9 Å². The molecule has 1 aliphatic rings. The van der Waals surface area contributed by atoms with E-state index in [1.807, 2.05) is 47.6 Å². The van der Waals surface area contributed by atoms with Gasteiger partial charge in [0.05, 0.1) is 5.54 Å². The van der Waals surface area contributed by atoms with Crippen molar-refractivity contribution in [2.45, 2.75) is 78.8 Å². The second-order valence-corrected chi connectivity index (χ2v) is 11.8. The predicted octanol–water partition coefficient (Wildman–Crippen LogP) is 5.03. The molecule has 0 bridgehead atoms. The number of fused-ring (bicyclic) bond motifs is 1. The zero-order chi connectivity index (χ0) is 29.2. The second kappa shape index (κ2) is 11.8. The molecule has 0 unspecified atom stereocenters. The van der Waals surface area contributed by atoms with E-state index in [9.17, 15) is 9.59 Å². The predicted molar refractivity (Wildman–Crippen MR) is 161 cm³/mol. The van der Waals surface area contributed by atoms with Gasteiger partial charge in [-0.3, -0.25) is 9.59 Å². The number of hydrogen-bond donors (Lipinski definition) is 1. The summed E-state index contributed by atoms with van der Waals surface area (Å²) < 4.78 is 3.26. The van der Waals surface area contributed by atoms with Crippen LogP contribution in [0.4, 0.5) is 11.6 Å². The van der Waals surface area contributed by atoms with Gasteiger partial charge < -0.3 is 10.2 Å². The number of aryl methyl sites for hydroxylation is 1. The molecule has 0 aliphatic carbocycles. The number of hydrogen-bond acceptors (Lipinski definition) is 7. The highest BCUT2D eigenvalue weighted by Crippen LogP contribution is 2.31. The number of nitrogens with zero attached hydrogens (tertiary/aromatic N) is 7. The van der Waals surface area contributed by atoms with Gasteiger partial charge in [0, 0.05) is 17.9 Å². The summed E-state index contributed by atoms with van der Waals surface area (Å²) in [6.07, 6.45) is 8.16. The summed E-state index contributed by atoms with van der Waals surface area (Å²) in [5.41, 5.74) is 3.14. The molecule has 1 aromatic carbocycles. The molecule has 0 saturated carbocycles. The van der Waals surface area contributed by atoms with E-state index in [0.717, 1.165) is 18.8 Å². The highest BCUT2D eigenvalue weighted by molar-refractivity contribution is 5.99. The summed E-state index contributed by atoms with van der Waals surface area (Å²) >= 11 is 0. The fraction of sp³-hybridized carbons (Fsp3) is 0.500. The molecule has 1 aliphatic heterocycles. The maximum absolute atomic E-state index is 13.5. The molecule has 0 radical (unpaired) electrons. The molecule has 40 heavy (non-hydrogen) atoms. The Morgan fingerprint density at radius 3 is 2.50 bits per heavy atom. The number of carbonyl (C=O) groups is 1. The largest absolute Gasteiger partial charge is 0.324 e. The van der Waals surface area contributed by atoms with E-state index in [4.69, 9.17) is 4.98 Å². The number of anilines is 2. The van der Waals surface area contributed by atoms with Gasteiger partial charge in [-0.05, 0) is 117 Å². The van der Waals surface area contributed by atoms with E-state index in [0.29, 0.717) is 35.1 Å². The Hall–Kier alpha value is -3.79. The molecule has 1 amide bonds. The van der Waals surface area contributed by atoms with Crippen molar-refractivity contribution in [3.63, 3.8) is 0 Å². The summed E-state index contributed by atoms with van der Waals surface area (Å²) in [5.74, 6) is 1.34. The quantitative estimate of drug-likeness (QED) is 0.193. The lowest BCUT2D eigenvalue weighted by Gasteiger charge is -2.30. The van der Waals surface area contributed by atoms with Gasteiger partial charge >= 0.3 is 0 Å². The molecule has 3 aromatic rings. The number of carbonyl (C=O) groups excluding carboxylic acids is 1. The molecule has 3 heterocycles. The topological polar surface area (TPSA) is 101 Å². The standard InChI is InChI=1S/C30H42N8O2/c1-9-10-26(34-36(19-39)30(5,6)7)38-27-25(28(40)37(38)20(2)3)18-31-29(33-27)32-23-11-12-24(21(4)17-23)22-13-15-35(8)16-14-22/h9-12,17-20,22H,13-16H2,1-8H3,(H,31,32,33)/b10-9-,34-26+. The van der Waals surface area contributed by atoms with Crippen LogP contribution in [0, 0.1) is 6.92 Å².